The number of carbonyl (C=O) groups is 2. The zero-order chi connectivity index (χ0) is 27.0. The number of anilines is 1. The van der Waals surface area contributed by atoms with Crippen molar-refractivity contribution in [2.75, 3.05) is 18.4 Å². The zero-order valence-electron chi connectivity index (χ0n) is 22.6. The molecule has 0 aliphatic rings. The fraction of sp³-hybridized carbons (Fsp3) is 0.433. The van der Waals surface area contributed by atoms with Crippen LogP contribution >= 0.6 is 0 Å². The van der Waals surface area contributed by atoms with Gasteiger partial charge in [-0.2, -0.15) is 5.10 Å². The van der Waals surface area contributed by atoms with Crippen LogP contribution in [0.4, 0.5) is 10.2 Å². The van der Waals surface area contributed by atoms with Crippen molar-refractivity contribution in [1.29, 1.82) is 0 Å². The molecule has 0 radical (unpaired) electrons. The number of hydrogen-bond donors (Lipinski definition) is 1. The summed E-state index contributed by atoms with van der Waals surface area (Å²) in [6.07, 6.45) is 3.12. The lowest BCUT2D eigenvalue weighted by molar-refractivity contribution is -0.135. The number of rotatable bonds is 11. The van der Waals surface area contributed by atoms with Crippen molar-refractivity contribution < 1.29 is 14.0 Å². The lowest BCUT2D eigenvalue weighted by Gasteiger charge is -2.26. The number of nitrogens with one attached hydrogen (secondary N) is 1. The molecule has 1 atom stereocenters. The summed E-state index contributed by atoms with van der Waals surface area (Å²) in [5, 5.41) is 7.61. The van der Waals surface area contributed by atoms with Crippen LogP contribution in [0.15, 0.2) is 60.7 Å². The van der Waals surface area contributed by atoms with Crippen molar-refractivity contribution in [2.45, 2.75) is 60.3 Å². The Morgan fingerprint density at radius 1 is 1.08 bits per heavy atom. The number of benzene rings is 2. The summed E-state index contributed by atoms with van der Waals surface area (Å²) < 4.78 is 15.1. The van der Waals surface area contributed by atoms with E-state index in [1.54, 1.807) is 27.8 Å². The van der Waals surface area contributed by atoms with Gasteiger partial charge in [-0.1, -0.05) is 71.4 Å². The van der Waals surface area contributed by atoms with Crippen LogP contribution in [0, 0.1) is 17.2 Å². The van der Waals surface area contributed by atoms with Crippen molar-refractivity contribution >= 4 is 17.6 Å². The fourth-order valence-corrected chi connectivity index (χ4v) is 4.54. The SMILES string of the molecule is CCCCN(CC(=O)Nc1cc(-c2ccccc2)nn1-c1ccc(F)cc1)C(=O)CC(C)CC(C)(C)C. The third-order valence-electron chi connectivity index (χ3n) is 6.07. The number of amides is 2. The summed E-state index contributed by atoms with van der Waals surface area (Å²) in [6, 6.07) is 17.4. The Labute approximate surface area is 219 Å². The Kier molecular flexibility index (Phi) is 9.61. The van der Waals surface area contributed by atoms with Gasteiger partial charge in [-0.25, -0.2) is 9.07 Å². The van der Waals surface area contributed by atoms with Crippen LogP contribution in [-0.2, 0) is 9.59 Å². The van der Waals surface area contributed by atoms with Crippen LogP contribution < -0.4 is 5.32 Å². The van der Waals surface area contributed by atoms with Crippen molar-refractivity contribution in [1.82, 2.24) is 14.7 Å². The molecule has 0 saturated carbocycles. The molecule has 0 spiro atoms. The third kappa shape index (κ3) is 8.55. The Morgan fingerprint density at radius 3 is 2.38 bits per heavy atom. The Morgan fingerprint density at radius 2 is 1.76 bits per heavy atom. The van der Waals surface area contributed by atoms with Gasteiger partial charge in [-0.05, 0) is 48.4 Å². The van der Waals surface area contributed by atoms with E-state index in [0.717, 1.165) is 24.8 Å². The molecule has 1 N–H and O–H groups in total. The van der Waals surface area contributed by atoms with Gasteiger partial charge < -0.3 is 10.2 Å². The van der Waals surface area contributed by atoms with E-state index in [1.165, 1.54) is 12.1 Å². The molecule has 0 aliphatic carbocycles. The average molecular weight is 507 g/mol. The second-order valence-electron chi connectivity index (χ2n) is 11.0. The van der Waals surface area contributed by atoms with Crippen LogP contribution in [0.3, 0.4) is 0 Å². The van der Waals surface area contributed by atoms with E-state index >= 15 is 0 Å². The van der Waals surface area contributed by atoms with Gasteiger partial charge in [0.05, 0.1) is 17.9 Å². The molecular formula is C30H39FN4O2. The van der Waals surface area contributed by atoms with E-state index < -0.39 is 0 Å². The molecule has 3 aromatic rings. The predicted molar refractivity (Wildman–Crippen MR) is 147 cm³/mol. The zero-order valence-corrected chi connectivity index (χ0v) is 22.6. The summed E-state index contributed by atoms with van der Waals surface area (Å²) in [7, 11) is 0. The van der Waals surface area contributed by atoms with Gasteiger partial charge in [-0.3, -0.25) is 9.59 Å². The third-order valence-corrected chi connectivity index (χ3v) is 6.07. The number of nitrogens with zero attached hydrogens (tertiary/aromatic N) is 3. The Bertz CT molecular complexity index is 1170. The Hall–Kier alpha value is -3.48. The van der Waals surface area contributed by atoms with Crippen LogP contribution in [0.1, 0.15) is 60.3 Å². The van der Waals surface area contributed by atoms with Gasteiger partial charge in [-0.15, -0.1) is 0 Å². The summed E-state index contributed by atoms with van der Waals surface area (Å²) >= 11 is 0. The molecule has 37 heavy (non-hydrogen) atoms. The van der Waals surface area contributed by atoms with Crippen molar-refractivity contribution in [3.63, 3.8) is 0 Å². The molecule has 0 saturated heterocycles. The molecule has 2 aromatic carbocycles. The molecule has 198 valence electrons. The van der Waals surface area contributed by atoms with Crippen LogP contribution in [-0.4, -0.2) is 39.6 Å². The van der Waals surface area contributed by atoms with Crippen LogP contribution in [0.2, 0.25) is 0 Å². The van der Waals surface area contributed by atoms with E-state index in [-0.39, 0.29) is 35.5 Å². The number of carbonyl (C=O) groups excluding carboxylic acids is 2. The first-order chi connectivity index (χ1) is 17.6. The second kappa shape index (κ2) is 12.7. The molecule has 0 aliphatic heterocycles. The predicted octanol–water partition coefficient (Wildman–Crippen LogP) is 6.71. The Balaban J connectivity index is 1.80. The number of halogens is 1. The molecule has 3 rings (SSSR count). The molecule has 2 amide bonds. The van der Waals surface area contributed by atoms with Crippen molar-refractivity contribution in [2.24, 2.45) is 11.3 Å². The minimum Gasteiger partial charge on any atom is -0.333 e. The van der Waals surface area contributed by atoms with E-state index in [1.807, 2.05) is 30.3 Å². The van der Waals surface area contributed by atoms with Gasteiger partial charge >= 0.3 is 0 Å². The minimum absolute atomic E-state index is 0.00244. The monoisotopic (exact) mass is 506 g/mol. The summed E-state index contributed by atoms with van der Waals surface area (Å²) in [4.78, 5) is 28.0. The van der Waals surface area contributed by atoms with E-state index in [2.05, 4.69) is 45.0 Å². The maximum Gasteiger partial charge on any atom is 0.245 e. The lowest BCUT2D eigenvalue weighted by atomic mass is 9.84. The van der Waals surface area contributed by atoms with E-state index in [9.17, 15) is 14.0 Å². The molecule has 0 bridgehead atoms. The molecular weight excluding hydrogens is 467 g/mol. The first-order valence-corrected chi connectivity index (χ1v) is 13.0. The van der Waals surface area contributed by atoms with Crippen LogP contribution in [0.5, 0.6) is 0 Å². The van der Waals surface area contributed by atoms with E-state index in [0.29, 0.717) is 30.2 Å². The standard InChI is InChI=1S/C30H39FN4O2/c1-6-7-17-34(29(37)18-22(2)20-30(3,4)5)21-28(36)32-27-19-26(23-11-9-8-10-12-23)33-35(27)25-15-13-24(31)14-16-25/h8-16,19,22H,6-7,17-18,20-21H2,1-5H3,(H,32,36). The molecule has 7 heteroatoms. The highest BCUT2D eigenvalue weighted by Crippen LogP contribution is 2.27. The second-order valence-corrected chi connectivity index (χ2v) is 11.0. The molecule has 1 unspecified atom stereocenters. The first-order valence-electron chi connectivity index (χ1n) is 13.0. The normalized spacial score (nSPS) is 12.3. The van der Waals surface area contributed by atoms with E-state index in [4.69, 9.17) is 0 Å². The molecule has 0 fully saturated rings. The smallest absolute Gasteiger partial charge is 0.245 e. The van der Waals surface area contributed by atoms with Gasteiger partial charge in [0, 0.05) is 24.6 Å². The number of hydrogen-bond acceptors (Lipinski definition) is 3. The summed E-state index contributed by atoms with van der Waals surface area (Å²) in [5.74, 6) is 0.0381. The average Bonchev–Trinajstić information content (AvgIpc) is 3.25. The maximum atomic E-state index is 13.5. The van der Waals surface area contributed by atoms with Crippen LogP contribution in [0.25, 0.3) is 16.9 Å². The van der Waals surface area contributed by atoms with Crippen molar-refractivity contribution in [3.05, 3.63) is 66.5 Å². The summed E-state index contributed by atoms with van der Waals surface area (Å²) in [5.41, 5.74) is 2.33. The molecule has 1 aromatic heterocycles. The van der Waals surface area contributed by atoms with Crippen molar-refractivity contribution in [3.8, 4) is 16.9 Å². The maximum absolute atomic E-state index is 13.5. The molecule has 1 heterocycles. The highest BCUT2D eigenvalue weighted by molar-refractivity contribution is 5.94. The lowest BCUT2D eigenvalue weighted by Crippen LogP contribution is -2.39. The highest BCUT2D eigenvalue weighted by atomic mass is 19.1. The largest absolute Gasteiger partial charge is 0.333 e. The van der Waals surface area contributed by atoms with Gasteiger partial charge in [0.2, 0.25) is 11.8 Å². The fourth-order valence-electron chi connectivity index (χ4n) is 4.54. The summed E-state index contributed by atoms with van der Waals surface area (Å²) in [6.45, 7) is 11.2. The highest BCUT2D eigenvalue weighted by Gasteiger charge is 2.23. The molecule has 6 nitrogen and oxygen atoms in total. The van der Waals surface area contributed by atoms with Gasteiger partial charge in [0.25, 0.3) is 0 Å². The minimum atomic E-state index is -0.351. The first kappa shape index (κ1) is 28.1. The quantitative estimate of drug-likeness (QED) is 0.314. The van der Waals surface area contributed by atoms with Gasteiger partial charge in [0.15, 0.2) is 0 Å². The topological polar surface area (TPSA) is 67.2 Å². The van der Waals surface area contributed by atoms with Gasteiger partial charge in [0.1, 0.15) is 11.6 Å². The number of unbranched alkanes of at least 4 members (excludes halogenated alkanes) is 1. The number of aromatic nitrogens is 2.